The van der Waals surface area contributed by atoms with Crippen LogP contribution in [0.4, 0.5) is 0 Å². The summed E-state index contributed by atoms with van der Waals surface area (Å²) in [5.41, 5.74) is 0. The van der Waals surface area contributed by atoms with Crippen LogP contribution in [0.15, 0.2) is 30.3 Å². The predicted octanol–water partition coefficient (Wildman–Crippen LogP) is 3.69. The summed E-state index contributed by atoms with van der Waals surface area (Å²) in [6.07, 6.45) is 1.48. The fourth-order valence-corrected chi connectivity index (χ4v) is 5.63. The van der Waals surface area contributed by atoms with E-state index < -0.39 is 8.32 Å². The molecule has 1 aromatic carbocycles. The van der Waals surface area contributed by atoms with Crippen molar-refractivity contribution in [3.05, 3.63) is 30.3 Å². The fourth-order valence-electron chi connectivity index (χ4n) is 2.10. The zero-order chi connectivity index (χ0) is 12.0. The Kier molecular flexibility index (Phi) is 5.23. The number of rotatable bonds is 6. The third-order valence-electron chi connectivity index (χ3n) is 3.44. The SMILES string of the molecule is CCC(C)O[Si](CC)(CC)c1ccccc1. The second-order valence-electron chi connectivity index (χ2n) is 4.40. The van der Waals surface area contributed by atoms with Crippen LogP contribution in [0, 0.1) is 0 Å². The highest BCUT2D eigenvalue weighted by Crippen LogP contribution is 2.20. The summed E-state index contributed by atoms with van der Waals surface area (Å²) < 4.78 is 6.41. The van der Waals surface area contributed by atoms with Crippen LogP contribution in [0.3, 0.4) is 0 Å². The third-order valence-corrected chi connectivity index (χ3v) is 7.97. The highest BCUT2D eigenvalue weighted by atomic mass is 28.4. The molecule has 1 unspecified atom stereocenters. The lowest BCUT2D eigenvalue weighted by atomic mass is 10.3. The van der Waals surface area contributed by atoms with E-state index in [0.29, 0.717) is 6.10 Å². The molecule has 0 saturated carbocycles. The van der Waals surface area contributed by atoms with E-state index in [-0.39, 0.29) is 0 Å². The summed E-state index contributed by atoms with van der Waals surface area (Å²) >= 11 is 0. The van der Waals surface area contributed by atoms with Gasteiger partial charge in [0.2, 0.25) is 8.32 Å². The molecule has 90 valence electrons. The van der Waals surface area contributed by atoms with Crippen molar-refractivity contribution in [3.8, 4) is 0 Å². The van der Waals surface area contributed by atoms with Gasteiger partial charge in [-0.2, -0.15) is 0 Å². The molecule has 16 heavy (non-hydrogen) atoms. The lowest BCUT2D eigenvalue weighted by Gasteiger charge is -2.32. The van der Waals surface area contributed by atoms with Crippen molar-refractivity contribution in [2.75, 3.05) is 0 Å². The molecule has 0 aliphatic carbocycles. The third kappa shape index (κ3) is 2.95. The average Bonchev–Trinajstić information content (AvgIpc) is 2.37. The van der Waals surface area contributed by atoms with Gasteiger partial charge >= 0.3 is 0 Å². The molecule has 1 nitrogen and oxygen atoms in total. The van der Waals surface area contributed by atoms with Crippen molar-refractivity contribution >= 4 is 13.5 Å². The van der Waals surface area contributed by atoms with E-state index in [2.05, 4.69) is 58.0 Å². The van der Waals surface area contributed by atoms with Crippen LogP contribution < -0.4 is 5.19 Å². The van der Waals surface area contributed by atoms with Gasteiger partial charge in [-0.15, -0.1) is 0 Å². The van der Waals surface area contributed by atoms with Crippen molar-refractivity contribution in [2.24, 2.45) is 0 Å². The zero-order valence-corrected chi connectivity index (χ0v) is 12.0. The summed E-state index contributed by atoms with van der Waals surface area (Å²) in [5.74, 6) is 0. The highest BCUT2D eigenvalue weighted by Gasteiger charge is 2.34. The topological polar surface area (TPSA) is 9.23 Å². The molecule has 0 aliphatic rings. The van der Waals surface area contributed by atoms with Gasteiger partial charge in [0, 0.05) is 6.10 Å². The predicted molar refractivity (Wildman–Crippen MR) is 73.6 cm³/mol. The molecule has 0 radical (unpaired) electrons. The second-order valence-corrected chi connectivity index (χ2v) is 8.62. The van der Waals surface area contributed by atoms with E-state index in [9.17, 15) is 0 Å². The molecule has 0 N–H and O–H groups in total. The lowest BCUT2D eigenvalue weighted by Crippen LogP contribution is -2.51. The van der Waals surface area contributed by atoms with Crippen LogP contribution in [0.5, 0.6) is 0 Å². The molecule has 0 amide bonds. The maximum absolute atomic E-state index is 6.41. The van der Waals surface area contributed by atoms with Gasteiger partial charge in [-0.3, -0.25) is 0 Å². The summed E-state index contributed by atoms with van der Waals surface area (Å²) in [6, 6.07) is 13.1. The standard InChI is InChI=1S/C14H24OSi/c1-5-13(4)15-16(6-2,7-3)14-11-9-8-10-12-14/h8-13H,5-7H2,1-4H3. The molecule has 0 saturated heterocycles. The van der Waals surface area contributed by atoms with Crippen molar-refractivity contribution in [1.29, 1.82) is 0 Å². The van der Waals surface area contributed by atoms with Crippen LogP contribution in [-0.2, 0) is 4.43 Å². The first kappa shape index (κ1) is 13.5. The Morgan fingerprint density at radius 3 is 2.06 bits per heavy atom. The molecular formula is C14H24OSi. The van der Waals surface area contributed by atoms with E-state index in [0.717, 1.165) is 18.5 Å². The molecule has 1 rings (SSSR count). The molecule has 0 spiro atoms. The van der Waals surface area contributed by atoms with E-state index in [1.807, 2.05) is 0 Å². The fraction of sp³-hybridized carbons (Fsp3) is 0.571. The van der Waals surface area contributed by atoms with Crippen molar-refractivity contribution < 1.29 is 4.43 Å². The van der Waals surface area contributed by atoms with Crippen LogP contribution >= 0.6 is 0 Å². The van der Waals surface area contributed by atoms with Crippen LogP contribution in [0.1, 0.15) is 34.1 Å². The first-order valence-corrected chi connectivity index (χ1v) is 8.74. The Hall–Kier alpha value is -0.603. The average molecular weight is 236 g/mol. The van der Waals surface area contributed by atoms with Crippen LogP contribution in [0.25, 0.3) is 0 Å². The van der Waals surface area contributed by atoms with Crippen molar-refractivity contribution in [1.82, 2.24) is 0 Å². The maximum Gasteiger partial charge on any atom is 0.224 e. The van der Waals surface area contributed by atoms with E-state index in [1.165, 1.54) is 5.19 Å². The first-order chi connectivity index (χ1) is 7.68. The zero-order valence-electron chi connectivity index (χ0n) is 11.0. The van der Waals surface area contributed by atoms with Crippen LogP contribution in [-0.4, -0.2) is 14.4 Å². The number of benzene rings is 1. The lowest BCUT2D eigenvalue weighted by molar-refractivity contribution is 0.208. The van der Waals surface area contributed by atoms with Gasteiger partial charge in [-0.1, -0.05) is 51.1 Å². The molecule has 0 aliphatic heterocycles. The Balaban J connectivity index is 2.96. The van der Waals surface area contributed by atoms with Crippen molar-refractivity contribution in [2.45, 2.75) is 52.3 Å². The second kappa shape index (κ2) is 6.21. The molecule has 0 bridgehead atoms. The normalized spacial score (nSPS) is 13.8. The van der Waals surface area contributed by atoms with Gasteiger partial charge in [0.1, 0.15) is 0 Å². The highest BCUT2D eigenvalue weighted by molar-refractivity contribution is 6.86. The molecule has 0 heterocycles. The summed E-state index contributed by atoms with van der Waals surface area (Å²) in [4.78, 5) is 0. The van der Waals surface area contributed by atoms with Gasteiger partial charge in [0.25, 0.3) is 0 Å². The minimum atomic E-state index is -1.70. The summed E-state index contributed by atoms with van der Waals surface area (Å²) in [6.45, 7) is 8.92. The molecule has 1 aromatic rings. The van der Waals surface area contributed by atoms with E-state index >= 15 is 0 Å². The Morgan fingerprint density at radius 1 is 1.06 bits per heavy atom. The van der Waals surface area contributed by atoms with E-state index in [1.54, 1.807) is 0 Å². The maximum atomic E-state index is 6.41. The number of hydrogen-bond donors (Lipinski definition) is 0. The molecular weight excluding hydrogens is 212 g/mol. The van der Waals surface area contributed by atoms with E-state index in [4.69, 9.17) is 4.43 Å². The summed E-state index contributed by atoms with van der Waals surface area (Å²) in [5, 5.41) is 1.44. The van der Waals surface area contributed by atoms with Gasteiger partial charge in [0.05, 0.1) is 0 Å². The quantitative estimate of drug-likeness (QED) is 0.684. The number of hydrogen-bond acceptors (Lipinski definition) is 1. The van der Waals surface area contributed by atoms with Crippen LogP contribution in [0.2, 0.25) is 12.1 Å². The Labute approximate surface area is 101 Å². The van der Waals surface area contributed by atoms with Gasteiger partial charge < -0.3 is 4.43 Å². The largest absolute Gasteiger partial charge is 0.410 e. The first-order valence-electron chi connectivity index (χ1n) is 6.41. The van der Waals surface area contributed by atoms with Gasteiger partial charge in [-0.05, 0) is 30.6 Å². The minimum Gasteiger partial charge on any atom is -0.410 e. The smallest absolute Gasteiger partial charge is 0.224 e. The summed E-state index contributed by atoms with van der Waals surface area (Å²) in [7, 11) is -1.70. The molecule has 0 fully saturated rings. The Morgan fingerprint density at radius 2 is 1.62 bits per heavy atom. The molecule has 2 heteroatoms. The van der Waals surface area contributed by atoms with Gasteiger partial charge in [0.15, 0.2) is 0 Å². The van der Waals surface area contributed by atoms with Crippen molar-refractivity contribution in [3.63, 3.8) is 0 Å². The minimum absolute atomic E-state index is 0.381. The monoisotopic (exact) mass is 236 g/mol. The van der Waals surface area contributed by atoms with Gasteiger partial charge in [-0.25, -0.2) is 0 Å². The molecule has 1 atom stereocenters. The Bertz CT molecular complexity index is 293. The molecule has 0 aromatic heterocycles.